The summed E-state index contributed by atoms with van der Waals surface area (Å²) in [5.41, 5.74) is 6.59. The average molecular weight is 281 g/mol. The molecule has 3 rings (SSSR count). The van der Waals surface area contributed by atoms with E-state index in [1.807, 2.05) is 12.4 Å². The van der Waals surface area contributed by atoms with Crippen molar-refractivity contribution in [3.8, 4) is 0 Å². The van der Waals surface area contributed by atoms with Crippen LogP contribution in [0.1, 0.15) is 5.56 Å². The number of rotatable bonds is 4. The second kappa shape index (κ2) is 6.03. The van der Waals surface area contributed by atoms with Gasteiger partial charge in [0.2, 0.25) is 0 Å². The first-order chi connectivity index (χ1) is 9.85. The number of hydrogen-bond donors (Lipinski definition) is 1. The minimum Gasteiger partial charge on any atom is -0.330 e. The van der Waals surface area contributed by atoms with Gasteiger partial charge < -0.3 is 5.73 Å². The lowest BCUT2D eigenvalue weighted by Crippen LogP contribution is -2.03. The van der Waals surface area contributed by atoms with E-state index in [0.29, 0.717) is 6.54 Å². The number of hydrogen-bond acceptors (Lipinski definition) is 4. The van der Waals surface area contributed by atoms with Crippen molar-refractivity contribution in [3.63, 3.8) is 0 Å². The molecular weight excluding hydrogens is 266 g/mol. The quantitative estimate of drug-likeness (QED) is 0.746. The van der Waals surface area contributed by atoms with Crippen LogP contribution >= 0.6 is 11.8 Å². The Morgan fingerprint density at radius 3 is 2.45 bits per heavy atom. The van der Waals surface area contributed by atoms with Gasteiger partial charge in [-0.15, -0.1) is 0 Å². The van der Waals surface area contributed by atoms with E-state index in [2.05, 4.69) is 52.4 Å². The third-order valence-corrected chi connectivity index (χ3v) is 3.93. The molecule has 0 aliphatic carbocycles. The summed E-state index contributed by atoms with van der Waals surface area (Å²) < 4.78 is 0. The van der Waals surface area contributed by atoms with Gasteiger partial charge in [-0.1, -0.05) is 30.3 Å². The second-order valence-corrected chi connectivity index (χ2v) is 5.56. The third-order valence-electron chi connectivity index (χ3n) is 3.04. The van der Waals surface area contributed by atoms with E-state index in [9.17, 15) is 0 Å². The van der Waals surface area contributed by atoms with Gasteiger partial charge in [-0.05, 0) is 53.2 Å². The molecule has 3 aromatic rings. The molecule has 100 valence electrons. The summed E-state index contributed by atoms with van der Waals surface area (Å²) >= 11 is 1.58. The van der Waals surface area contributed by atoms with E-state index < -0.39 is 0 Å². The van der Waals surface area contributed by atoms with E-state index in [1.54, 1.807) is 11.8 Å². The molecule has 2 aromatic carbocycles. The fraction of sp³-hybridized carbons (Fsp3) is 0.125. The van der Waals surface area contributed by atoms with Crippen LogP contribution in [0.4, 0.5) is 0 Å². The smallest absolute Gasteiger partial charge is 0.192 e. The molecule has 0 saturated heterocycles. The molecule has 1 aromatic heterocycles. The van der Waals surface area contributed by atoms with Crippen molar-refractivity contribution in [2.24, 2.45) is 5.73 Å². The zero-order chi connectivity index (χ0) is 13.8. The second-order valence-electron chi connectivity index (χ2n) is 4.52. The monoisotopic (exact) mass is 281 g/mol. The van der Waals surface area contributed by atoms with Crippen LogP contribution in [0.15, 0.2) is 64.9 Å². The van der Waals surface area contributed by atoms with Crippen molar-refractivity contribution in [1.29, 1.82) is 0 Å². The Kier molecular flexibility index (Phi) is 3.95. The number of nitrogens with two attached hydrogens (primary N) is 1. The average Bonchev–Trinajstić information content (AvgIpc) is 2.49. The van der Waals surface area contributed by atoms with Crippen molar-refractivity contribution in [1.82, 2.24) is 9.97 Å². The normalized spacial score (nSPS) is 10.8. The summed E-state index contributed by atoms with van der Waals surface area (Å²) in [6, 6.07) is 14.7. The zero-order valence-corrected chi connectivity index (χ0v) is 11.8. The molecule has 0 unspecified atom stereocenters. The highest BCUT2D eigenvalue weighted by Gasteiger charge is 2.02. The van der Waals surface area contributed by atoms with Crippen LogP contribution in [0, 0.1) is 0 Å². The van der Waals surface area contributed by atoms with Crippen molar-refractivity contribution in [2.75, 3.05) is 6.54 Å². The Morgan fingerprint density at radius 2 is 1.70 bits per heavy atom. The maximum absolute atomic E-state index is 5.51. The van der Waals surface area contributed by atoms with Gasteiger partial charge in [0, 0.05) is 17.3 Å². The third kappa shape index (κ3) is 2.98. The van der Waals surface area contributed by atoms with Crippen LogP contribution in [-0.4, -0.2) is 16.5 Å². The highest BCUT2D eigenvalue weighted by molar-refractivity contribution is 7.99. The lowest BCUT2D eigenvalue weighted by atomic mass is 10.1. The van der Waals surface area contributed by atoms with Gasteiger partial charge in [-0.2, -0.15) is 0 Å². The number of fused-ring (bicyclic) bond motifs is 1. The van der Waals surface area contributed by atoms with Crippen LogP contribution in [0.3, 0.4) is 0 Å². The van der Waals surface area contributed by atoms with Gasteiger partial charge in [-0.3, -0.25) is 0 Å². The molecule has 1 heterocycles. The number of benzene rings is 2. The fourth-order valence-corrected chi connectivity index (χ4v) is 2.77. The molecule has 0 radical (unpaired) electrons. The summed E-state index contributed by atoms with van der Waals surface area (Å²) in [6.45, 7) is 0.626. The highest BCUT2D eigenvalue weighted by Crippen LogP contribution is 2.27. The first-order valence-corrected chi connectivity index (χ1v) is 7.34. The van der Waals surface area contributed by atoms with E-state index in [1.165, 1.54) is 10.8 Å². The maximum Gasteiger partial charge on any atom is 0.192 e. The predicted octanol–water partition coefficient (Wildman–Crippen LogP) is 3.28. The minimum atomic E-state index is 0.626. The van der Waals surface area contributed by atoms with Gasteiger partial charge in [0.05, 0.1) is 0 Å². The Labute approximate surface area is 122 Å². The molecule has 3 nitrogen and oxygen atoms in total. The molecule has 0 atom stereocenters. The van der Waals surface area contributed by atoms with Crippen molar-refractivity contribution >= 4 is 22.5 Å². The molecule has 0 amide bonds. The Morgan fingerprint density at radius 1 is 0.950 bits per heavy atom. The standard InChI is InChI=1S/C16H15N3S/c17-8-7-12-10-18-16(19-11-12)20-15-6-5-13-3-1-2-4-14(13)9-15/h1-6,9-11H,7-8,17H2. The van der Waals surface area contributed by atoms with Crippen LogP contribution < -0.4 is 5.73 Å². The summed E-state index contributed by atoms with van der Waals surface area (Å²) in [5, 5.41) is 3.24. The molecule has 0 fully saturated rings. The van der Waals surface area contributed by atoms with Gasteiger partial charge in [0.1, 0.15) is 0 Å². The largest absolute Gasteiger partial charge is 0.330 e. The van der Waals surface area contributed by atoms with Crippen LogP contribution in [0.2, 0.25) is 0 Å². The SMILES string of the molecule is NCCc1cnc(Sc2ccc3ccccc3c2)nc1. The van der Waals surface area contributed by atoms with E-state index in [-0.39, 0.29) is 0 Å². The Balaban J connectivity index is 1.81. The molecule has 0 aliphatic rings. The van der Waals surface area contributed by atoms with E-state index in [0.717, 1.165) is 22.0 Å². The first-order valence-electron chi connectivity index (χ1n) is 6.53. The van der Waals surface area contributed by atoms with Gasteiger partial charge in [-0.25, -0.2) is 9.97 Å². The summed E-state index contributed by atoms with van der Waals surface area (Å²) in [4.78, 5) is 9.89. The van der Waals surface area contributed by atoms with Crippen LogP contribution in [-0.2, 0) is 6.42 Å². The molecule has 2 N–H and O–H groups in total. The number of aromatic nitrogens is 2. The lowest BCUT2D eigenvalue weighted by molar-refractivity contribution is 0.890. The molecule has 20 heavy (non-hydrogen) atoms. The fourth-order valence-electron chi connectivity index (χ4n) is 2.03. The van der Waals surface area contributed by atoms with Gasteiger partial charge in [0.25, 0.3) is 0 Å². The molecule has 0 bridgehead atoms. The lowest BCUT2D eigenvalue weighted by Gasteiger charge is -2.03. The van der Waals surface area contributed by atoms with Crippen molar-refractivity contribution in [3.05, 3.63) is 60.4 Å². The maximum atomic E-state index is 5.51. The Bertz CT molecular complexity index is 710. The van der Waals surface area contributed by atoms with E-state index >= 15 is 0 Å². The van der Waals surface area contributed by atoms with Crippen LogP contribution in [0.5, 0.6) is 0 Å². The predicted molar refractivity (Wildman–Crippen MR) is 82.9 cm³/mol. The molecule has 0 saturated carbocycles. The molecule has 4 heteroatoms. The summed E-state index contributed by atoms with van der Waals surface area (Å²) in [6.07, 6.45) is 4.52. The first kappa shape index (κ1) is 13.1. The van der Waals surface area contributed by atoms with Gasteiger partial charge in [0.15, 0.2) is 5.16 Å². The number of nitrogens with zero attached hydrogens (tertiary/aromatic N) is 2. The molecule has 0 spiro atoms. The minimum absolute atomic E-state index is 0.626. The summed E-state index contributed by atoms with van der Waals surface area (Å²) in [7, 11) is 0. The highest BCUT2D eigenvalue weighted by atomic mass is 32.2. The summed E-state index contributed by atoms with van der Waals surface area (Å²) in [5.74, 6) is 0. The molecular formula is C16H15N3S. The zero-order valence-electron chi connectivity index (χ0n) is 11.0. The molecule has 0 aliphatic heterocycles. The topological polar surface area (TPSA) is 51.8 Å². The van der Waals surface area contributed by atoms with Crippen molar-refractivity contribution in [2.45, 2.75) is 16.5 Å². The van der Waals surface area contributed by atoms with Gasteiger partial charge >= 0.3 is 0 Å². The van der Waals surface area contributed by atoms with E-state index in [4.69, 9.17) is 5.73 Å². The Hall–Kier alpha value is -1.91. The van der Waals surface area contributed by atoms with Crippen molar-refractivity contribution < 1.29 is 0 Å². The van der Waals surface area contributed by atoms with Crippen LogP contribution in [0.25, 0.3) is 10.8 Å².